The Labute approximate surface area is 197 Å². The second kappa shape index (κ2) is 10.7. The number of carboxylic acid groups (broad SMARTS) is 1. The van der Waals surface area contributed by atoms with Gasteiger partial charge in [0.05, 0.1) is 12.7 Å². The van der Waals surface area contributed by atoms with Crippen molar-refractivity contribution in [2.75, 3.05) is 5.75 Å². The van der Waals surface area contributed by atoms with Crippen LogP contribution in [0.2, 0.25) is 5.02 Å². The predicted octanol–water partition coefficient (Wildman–Crippen LogP) is 4.90. The molecule has 8 heteroatoms. The van der Waals surface area contributed by atoms with Crippen LogP contribution in [-0.2, 0) is 17.8 Å². The maximum Gasteiger partial charge on any atom is 0.329 e. The SMILES string of the molecule is CCCSc1ncc(C(=O)NC(C)(Cc2ccccc2)C(=O)O)n1Cc1ccccc1Cl. The largest absolute Gasteiger partial charge is 0.480 e. The van der Waals surface area contributed by atoms with Gasteiger partial charge in [-0.15, -0.1) is 0 Å². The molecule has 1 aromatic heterocycles. The van der Waals surface area contributed by atoms with E-state index in [1.54, 1.807) is 22.4 Å². The maximum absolute atomic E-state index is 13.3. The minimum Gasteiger partial charge on any atom is -0.480 e. The number of aromatic nitrogens is 2. The molecule has 6 nitrogen and oxygen atoms in total. The summed E-state index contributed by atoms with van der Waals surface area (Å²) in [4.78, 5) is 29.8. The van der Waals surface area contributed by atoms with Crippen molar-refractivity contribution in [3.05, 3.63) is 82.6 Å². The van der Waals surface area contributed by atoms with Gasteiger partial charge in [0.15, 0.2) is 5.16 Å². The van der Waals surface area contributed by atoms with Crippen molar-refractivity contribution in [3.63, 3.8) is 0 Å². The summed E-state index contributed by atoms with van der Waals surface area (Å²) >= 11 is 7.90. The van der Waals surface area contributed by atoms with Gasteiger partial charge in [0, 0.05) is 17.2 Å². The Bertz CT molecular complexity index is 1090. The number of aliphatic carboxylic acids is 1. The van der Waals surface area contributed by atoms with Gasteiger partial charge >= 0.3 is 5.97 Å². The van der Waals surface area contributed by atoms with Crippen LogP contribution in [0, 0.1) is 0 Å². The summed E-state index contributed by atoms with van der Waals surface area (Å²) in [5.41, 5.74) is 0.490. The van der Waals surface area contributed by atoms with E-state index in [0.29, 0.717) is 22.4 Å². The molecule has 3 rings (SSSR count). The fourth-order valence-electron chi connectivity index (χ4n) is 3.29. The number of nitrogens with one attached hydrogen (secondary N) is 1. The molecule has 0 spiro atoms. The molecule has 2 aromatic carbocycles. The smallest absolute Gasteiger partial charge is 0.329 e. The third-order valence-corrected chi connectivity index (χ3v) is 6.60. The van der Waals surface area contributed by atoms with Gasteiger partial charge in [-0.25, -0.2) is 9.78 Å². The lowest BCUT2D eigenvalue weighted by atomic mass is 9.92. The normalized spacial score (nSPS) is 12.8. The van der Waals surface area contributed by atoms with Crippen LogP contribution in [0.25, 0.3) is 0 Å². The van der Waals surface area contributed by atoms with Crippen molar-refractivity contribution in [3.8, 4) is 0 Å². The number of carboxylic acids is 1. The average molecular weight is 472 g/mol. The van der Waals surface area contributed by atoms with Crippen LogP contribution in [0.5, 0.6) is 0 Å². The lowest BCUT2D eigenvalue weighted by Crippen LogP contribution is -2.54. The molecule has 3 aromatic rings. The number of benzene rings is 2. The Morgan fingerprint density at radius 1 is 1.16 bits per heavy atom. The number of amides is 1. The van der Waals surface area contributed by atoms with Crippen LogP contribution in [0.3, 0.4) is 0 Å². The highest BCUT2D eigenvalue weighted by Gasteiger charge is 2.36. The van der Waals surface area contributed by atoms with Crippen LogP contribution in [0.1, 0.15) is 41.9 Å². The molecular weight excluding hydrogens is 446 g/mol. The number of carbonyl (C=O) groups is 2. The van der Waals surface area contributed by atoms with Crippen molar-refractivity contribution in [1.29, 1.82) is 0 Å². The molecular formula is C24H26ClN3O3S. The van der Waals surface area contributed by atoms with E-state index >= 15 is 0 Å². The van der Waals surface area contributed by atoms with Gasteiger partial charge in [0.1, 0.15) is 11.2 Å². The molecule has 0 saturated carbocycles. The van der Waals surface area contributed by atoms with Crippen LogP contribution >= 0.6 is 23.4 Å². The zero-order chi connectivity index (χ0) is 23.1. The molecule has 32 heavy (non-hydrogen) atoms. The highest BCUT2D eigenvalue weighted by atomic mass is 35.5. The molecule has 0 aliphatic carbocycles. The second-order valence-electron chi connectivity index (χ2n) is 7.71. The minimum atomic E-state index is -1.48. The second-order valence-corrected chi connectivity index (χ2v) is 9.18. The fourth-order valence-corrected chi connectivity index (χ4v) is 4.32. The van der Waals surface area contributed by atoms with Gasteiger partial charge in [-0.05, 0) is 30.5 Å². The number of nitrogens with zero attached hydrogens (tertiary/aromatic N) is 2. The summed E-state index contributed by atoms with van der Waals surface area (Å²) in [7, 11) is 0. The lowest BCUT2D eigenvalue weighted by Gasteiger charge is -2.26. The zero-order valence-corrected chi connectivity index (χ0v) is 19.6. The van der Waals surface area contributed by atoms with Crippen molar-refractivity contribution < 1.29 is 14.7 Å². The molecule has 0 fully saturated rings. The van der Waals surface area contributed by atoms with E-state index in [2.05, 4.69) is 17.2 Å². The number of halogens is 1. The first-order valence-corrected chi connectivity index (χ1v) is 11.7. The van der Waals surface area contributed by atoms with Gasteiger partial charge in [-0.2, -0.15) is 0 Å². The first kappa shape index (κ1) is 23.9. The Morgan fingerprint density at radius 2 is 1.84 bits per heavy atom. The Balaban J connectivity index is 1.91. The van der Waals surface area contributed by atoms with E-state index in [0.717, 1.165) is 23.3 Å². The number of imidazole rings is 1. The Kier molecular flexibility index (Phi) is 7.99. The summed E-state index contributed by atoms with van der Waals surface area (Å²) in [5, 5.41) is 13.9. The summed E-state index contributed by atoms with van der Waals surface area (Å²) in [6, 6.07) is 16.7. The standard InChI is InChI=1S/C24H26ClN3O3S/c1-3-13-32-23-26-15-20(28(23)16-18-11-7-8-12-19(18)25)21(29)27-24(2,22(30)31)14-17-9-5-4-6-10-17/h4-12,15H,3,13-14,16H2,1-2H3,(H,27,29)(H,30,31). The molecule has 0 radical (unpaired) electrons. The van der Waals surface area contributed by atoms with Crippen molar-refractivity contribution in [2.24, 2.45) is 0 Å². The number of hydrogen-bond acceptors (Lipinski definition) is 4. The van der Waals surface area contributed by atoms with Crippen LogP contribution in [0.15, 0.2) is 66.0 Å². The monoisotopic (exact) mass is 471 g/mol. The van der Waals surface area contributed by atoms with E-state index in [-0.39, 0.29) is 6.42 Å². The van der Waals surface area contributed by atoms with E-state index in [9.17, 15) is 14.7 Å². The third-order valence-electron chi connectivity index (χ3n) is 5.04. The quantitative estimate of drug-likeness (QED) is 0.411. The highest BCUT2D eigenvalue weighted by Crippen LogP contribution is 2.24. The van der Waals surface area contributed by atoms with Crippen molar-refractivity contribution in [2.45, 2.75) is 43.9 Å². The molecule has 0 saturated heterocycles. The van der Waals surface area contributed by atoms with Crippen molar-refractivity contribution >= 4 is 35.2 Å². The zero-order valence-electron chi connectivity index (χ0n) is 18.0. The van der Waals surface area contributed by atoms with Gasteiger partial charge in [0.25, 0.3) is 5.91 Å². The molecule has 1 atom stereocenters. The van der Waals surface area contributed by atoms with Crippen LogP contribution < -0.4 is 5.32 Å². The molecule has 2 N–H and O–H groups in total. The molecule has 1 amide bonds. The van der Waals surface area contributed by atoms with Crippen molar-refractivity contribution in [1.82, 2.24) is 14.9 Å². The predicted molar refractivity (Wildman–Crippen MR) is 127 cm³/mol. The summed E-state index contributed by atoms with van der Waals surface area (Å²) < 4.78 is 1.79. The van der Waals surface area contributed by atoms with Crippen LogP contribution in [0.4, 0.5) is 0 Å². The lowest BCUT2D eigenvalue weighted by molar-refractivity contribution is -0.143. The van der Waals surface area contributed by atoms with Gasteiger partial charge < -0.3 is 15.0 Å². The molecule has 0 bridgehead atoms. The molecule has 0 aliphatic heterocycles. The van der Waals surface area contributed by atoms with E-state index in [1.165, 1.54) is 13.1 Å². The first-order chi connectivity index (χ1) is 15.3. The van der Waals surface area contributed by atoms with Gasteiger partial charge in [-0.3, -0.25) is 4.79 Å². The Hall–Kier alpha value is -2.77. The van der Waals surface area contributed by atoms with E-state index in [4.69, 9.17) is 11.6 Å². The molecule has 168 valence electrons. The number of hydrogen-bond donors (Lipinski definition) is 2. The fraction of sp³-hybridized carbons (Fsp3) is 0.292. The number of thioether (sulfide) groups is 1. The van der Waals surface area contributed by atoms with Gasteiger partial charge in [0.2, 0.25) is 0 Å². The van der Waals surface area contributed by atoms with Gasteiger partial charge in [-0.1, -0.05) is 78.8 Å². The Morgan fingerprint density at radius 3 is 2.50 bits per heavy atom. The van der Waals surface area contributed by atoms with Crippen LogP contribution in [-0.4, -0.2) is 37.8 Å². The number of rotatable bonds is 10. The third kappa shape index (κ3) is 5.72. The minimum absolute atomic E-state index is 0.158. The van der Waals surface area contributed by atoms with E-state index in [1.807, 2.05) is 48.5 Å². The summed E-state index contributed by atoms with van der Waals surface area (Å²) in [5.74, 6) is -0.747. The van der Waals surface area contributed by atoms with E-state index < -0.39 is 17.4 Å². The summed E-state index contributed by atoms with van der Waals surface area (Å²) in [6.45, 7) is 3.95. The first-order valence-electron chi connectivity index (χ1n) is 10.4. The maximum atomic E-state index is 13.3. The molecule has 1 unspecified atom stereocenters. The molecule has 0 aliphatic rings. The summed E-state index contributed by atoms with van der Waals surface area (Å²) in [6.07, 6.45) is 2.61. The molecule has 1 heterocycles. The highest BCUT2D eigenvalue weighted by molar-refractivity contribution is 7.99. The number of carbonyl (C=O) groups excluding carboxylic acids is 1. The topological polar surface area (TPSA) is 84.2 Å². The average Bonchev–Trinajstić information content (AvgIpc) is 3.17.